The van der Waals surface area contributed by atoms with E-state index in [1.54, 1.807) is 0 Å². The number of nitrogens with zero attached hydrogens (tertiary/aromatic N) is 2. The molecule has 6 aliphatic carbocycles. The van der Waals surface area contributed by atoms with E-state index in [9.17, 15) is 0 Å². The molecule has 2 nitrogen and oxygen atoms in total. The van der Waals surface area contributed by atoms with Gasteiger partial charge in [0, 0.05) is 0 Å². The molecular formula is C16H26N2. The zero-order valence-corrected chi connectivity index (χ0v) is 11.5. The first-order valence-electron chi connectivity index (χ1n) is 8.22. The molecule has 0 atom stereocenters. The predicted molar refractivity (Wildman–Crippen MR) is 72.7 cm³/mol. The lowest BCUT2D eigenvalue weighted by Gasteiger charge is -2.46. The second-order valence-electron chi connectivity index (χ2n) is 7.61. The van der Waals surface area contributed by atoms with Gasteiger partial charge in [0.25, 0.3) is 0 Å². The van der Waals surface area contributed by atoms with Crippen LogP contribution in [-0.4, -0.2) is 11.1 Å². The molecule has 0 saturated heterocycles. The summed E-state index contributed by atoms with van der Waals surface area (Å²) in [5.41, 5.74) is 0.579. The number of hydrogen-bond acceptors (Lipinski definition) is 2. The Morgan fingerprint density at radius 2 is 0.778 bits per heavy atom. The number of azo groups is 1. The summed E-state index contributed by atoms with van der Waals surface area (Å²) in [5.74, 6) is 2.07. The maximum Gasteiger partial charge on any atom is 0.0816 e. The van der Waals surface area contributed by atoms with Gasteiger partial charge in [0.1, 0.15) is 0 Å². The average molecular weight is 246 g/mol. The standard InChI is InChI=1S/C16H26N2/c1-7-15(8-2-13(1)3-9-15)17-18-16-10-4-14(5-11-16)6-12-16/h13-14H,1-12H2. The van der Waals surface area contributed by atoms with E-state index in [1.165, 1.54) is 77.0 Å². The van der Waals surface area contributed by atoms with Gasteiger partial charge in [0.2, 0.25) is 0 Å². The van der Waals surface area contributed by atoms with Gasteiger partial charge in [-0.2, -0.15) is 10.2 Å². The van der Waals surface area contributed by atoms with Crippen LogP contribution < -0.4 is 0 Å². The molecule has 0 heterocycles. The Labute approximate surface area is 111 Å². The van der Waals surface area contributed by atoms with Gasteiger partial charge in [-0.25, -0.2) is 0 Å². The summed E-state index contributed by atoms with van der Waals surface area (Å²) in [7, 11) is 0. The summed E-state index contributed by atoms with van der Waals surface area (Å²) in [6.07, 6.45) is 16.5. The van der Waals surface area contributed by atoms with Crippen LogP contribution in [0.4, 0.5) is 0 Å². The molecule has 0 aromatic carbocycles. The first kappa shape index (κ1) is 11.4. The third-order valence-electron chi connectivity index (χ3n) is 6.58. The normalized spacial score (nSPS) is 51.1. The van der Waals surface area contributed by atoms with E-state index in [0.717, 1.165) is 11.8 Å². The van der Waals surface area contributed by atoms with Crippen LogP contribution in [0.25, 0.3) is 0 Å². The lowest BCUT2D eigenvalue weighted by atomic mass is 9.65. The van der Waals surface area contributed by atoms with E-state index >= 15 is 0 Å². The van der Waals surface area contributed by atoms with Crippen molar-refractivity contribution in [3.8, 4) is 0 Å². The van der Waals surface area contributed by atoms with Crippen LogP contribution in [-0.2, 0) is 0 Å². The van der Waals surface area contributed by atoms with Crippen molar-refractivity contribution in [1.29, 1.82) is 0 Å². The minimum atomic E-state index is 0.289. The van der Waals surface area contributed by atoms with Crippen LogP contribution >= 0.6 is 0 Å². The maximum atomic E-state index is 4.99. The molecule has 0 spiro atoms. The van der Waals surface area contributed by atoms with E-state index in [0.29, 0.717) is 0 Å². The third-order valence-corrected chi connectivity index (χ3v) is 6.58. The second kappa shape index (κ2) is 4.05. The van der Waals surface area contributed by atoms with Crippen LogP contribution in [0.5, 0.6) is 0 Å². The highest BCUT2D eigenvalue weighted by Crippen LogP contribution is 2.50. The fourth-order valence-electron chi connectivity index (χ4n) is 4.96. The Hall–Kier alpha value is -0.400. The lowest BCUT2D eigenvalue weighted by Crippen LogP contribution is -2.41. The van der Waals surface area contributed by atoms with Crippen molar-refractivity contribution in [1.82, 2.24) is 0 Å². The van der Waals surface area contributed by atoms with E-state index in [4.69, 9.17) is 10.2 Å². The van der Waals surface area contributed by atoms with E-state index < -0.39 is 0 Å². The summed E-state index contributed by atoms with van der Waals surface area (Å²) in [6.45, 7) is 0. The van der Waals surface area contributed by atoms with E-state index in [-0.39, 0.29) is 11.1 Å². The minimum Gasteiger partial charge on any atom is -0.187 e. The lowest BCUT2D eigenvalue weighted by molar-refractivity contribution is 0.107. The van der Waals surface area contributed by atoms with Gasteiger partial charge in [0.05, 0.1) is 11.1 Å². The highest BCUT2D eigenvalue weighted by molar-refractivity contribution is 5.01. The monoisotopic (exact) mass is 246 g/mol. The molecule has 6 fully saturated rings. The molecule has 6 aliphatic rings. The average Bonchev–Trinajstić information content (AvgIpc) is 2.49. The Bertz CT molecular complexity index is 283. The van der Waals surface area contributed by atoms with Crippen LogP contribution in [0.15, 0.2) is 10.2 Å². The second-order valence-corrected chi connectivity index (χ2v) is 7.61. The molecule has 2 heteroatoms. The van der Waals surface area contributed by atoms with Crippen molar-refractivity contribution in [2.45, 2.75) is 88.1 Å². The molecule has 0 N–H and O–H groups in total. The Kier molecular flexibility index (Phi) is 2.57. The van der Waals surface area contributed by atoms with Crippen LogP contribution in [0.3, 0.4) is 0 Å². The molecule has 6 rings (SSSR count). The molecule has 0 aromatic heterocycles. The van der Waals surface area contributed by atoms with E-state index in [2.05, 4.69) is 0 Å². The van der Waals surface area contributed by atoms with Crippen LogP contribution in [0.2, 0.25) is 0 Å². The van der Waals surface area contributed by atoms with Gasteiger partial charge < -0.3 is 0 Å². The third kappa shape index (κ3) is 1.83. The van der Waals surface area contributed by atoms with Crippen LogP contribution in [0, 0.1) is 11.8 Å². The fourth-order valence-corrected chi connectivity index (χ4v) is 4.96. The van der Waals surface area contributed by atoms with E-state index in [1.807, 2.05) is 0 Å². The molecule has 18 heavy (non-hydrogen) atoms. The zero-order chi connectivity index (χ0) is 12.1. The predicted octanol–water partition coefficient (Wildman–Crippen LogP) is 4.88. The van der Waals surface area contributed by atoms with Gasteiger partial charge in [-0.3, -0.25) is 0 Å². The summed E-state index contributed by atoms with van der Waals surface area (Å²) in [6, 6.07) is 0. The Morgan fingerprint density at radius 1 is 0.500 bits per heavy atom. The number of rotatable bonds is 2. The first-order valence-corrected chi connectivity index (χ1v) is 8.22. The smallest absolute Gasteiger partial charge is 0.0816 e. The van der Waals surface area contributed by atoms with Crippen molar-refractivity contribution in [3.05, 3.63) is 0 Å². The largest absolute Gasteiger partial charge is 0.187 e. The summed E-state index contributed by atoms with van der Waals surface area (Å²) >= 11 is 0. The molecule has 0 amide bonds. The molecule has 4 bridgehead atoms. The highest BCUT2D eigenvalue weighted by atomic mass is 15.2. The summed E-state index contributed by atoms with van der Waals surface area (Å²) in [5, 5.41) is 9.97. The SMILES string of the molecule is C1CC2(N=NC34CCC(CC3)CC4)CCC1CC2. The van der Waals surface area contributed by atoms with Crippen molar-refractivity contribution in [2.75, 3.05) is 0 Å². The minimum absolute atomic E-state index is 0.289. The highest BCUT2D eigenvalue weighted by Gasteiger charge is 2.44. The molecular weight excluding hydrogens is 220 g/mol. The molecule has 0 radical (unpaired) electrons. The number of fused-ring (bicyclic) bond motifs is 6. The summed E-state index contributed by atoms with van der Waals surface area (Å²) in [4.78, 5) is 0. The van der Waals surface area contributed by atoms with Crippen LogP contribution in [0.1, 0.15) is 77.0 Å². The quantitative estimate of drug-likeness (QED) is 0.620. The molecule has 0 unspecified atom stereocenters. The molecule has 0 aliphatic heterocycles. The zero-order valence-electron chi connectivity index (χ0n) is 11.5. The fraction of sp³-hybridized carbons (Fsp3) is 1.00. The van der Waals surface area contributed by atoms with Gasteiger partial charge in [-0.15, -0.1) is 0 Å². The molecule has 100 valence electrons. The van der Waals surface area contributed by atoms with Gasteiger partial charge in [-0.05, 0) is 88.9 Å². The summed E-state index contributed by atoms with van der Waals surface area (Å²) < 4.78 is 0. The van der Waals surface area contributed by atoms with Gasteiger partial charge in [0.15, 0.2) is 0 Å². The van der Waals surface area contributed by atoms with Crippen molar-refractivity contribution in [3.63, 3.8) is 0 Å². The Morgan fingerprint density at radius 3 is 1.06 bits per heavy atom. The van der Waals surface area contributed by atoms with Crippen molar-refractivity contribution >= 4 is 0 Å². The molecule has 0 aromatic rings. The van der Waals surface area contributed by atoms with Gasteiger partial charge in [-0.1, -0.05) is 0 Å². The maximum absolute atomic E-state index is 4.99. The van der Waals surface area contributed by atoms with Gasteiger partial charge >= 0.3 is 0 Å². The Balaban J connectivity index is 1.51. The first-order chi connectivity index (χ1) is 8.78. The van der Waals surface area contributed by atoms with Crippen molar-refractivity contribution < 1.29 is 0 Å². The van der Waals surface area contributed by atoms with Crippen molar-refractivity contribution in [2.24, 2.45) is 22.1 Å². The number of hydrogen-bond donors (Lipinski definition) is 0. The topological polar surface area (TPSA) is 24.7 Å². The molecule has 6 saturated carbocycles.